The van der Waals surface area contributed by atoms with Crippen molar-refractivity contribution in [3.05, 3.63) is 34.1 Å². The quantitative estimate of drug-likeness (QED) is 0.179. The first kappa shape index (κ1) is 24.1. The standard InChI is InChI=1S/C19H28BrFN4O.HI/c1-2-22-19(24-12-4-6-18(26)25-16-9-10-16)23-11-3-5-14-7-8-15(20)13-17(14)21;/h7-8,13,16H,2-6,9-12H2,1H3,(H,25,26)(H2,22,23,24);1H. The maximum absolute atomic E-state index is 13.8. The molecule has 0 bridgehead atoms. The Kier molecular flexibility index (Phi) is 11.9. The highest BCUT2D eigenvalue weighted by Gasteiger charge is 2.22. The van der Waals surface area contributed by atoms with Gasteiger partial charge < -0.3 is 16.0 Å². The predicted octanol–water partition coefficient (Wildman–Crippen LogP) is 3.75. The van der Waals surface area contributed by atoms with Crippen molar-refractivity contribution in [2.45, 2.75) is 51.5 Å². The molecular weight excluding hydrogens is 526 g/mol. The Balaban J connectivity index is 0.00000364. The molecular formula is C19H29BrFIN4O. The van der Waals surface area contributed by atoms with Gasteiger partial charge in [0.05, 0.1) is 0 Å². The monoisotopic (exact) mass is 554 g/mol. The van der Waals surface area contributed by atoms with Crippen molar-refractivity contribution in [2.75, 3.05) is 19.6 Å². The minimum absolute atomic E-state index is 0. The topological polar surface area (TPSA) is 65.5 Å². The van der Waals surface area contributed by atoms with Crippen molar-refractivity contribution in [2.24, 2.45) is 4.99 Å². The zero-order valence-corrected chi connectivity index (χ0v) is 19.6. The fraction of sp³-hybridized carbons (Fsp3) is 0.579. The third kappa shape index (κ3) is 10.3. The summed E-state index contributed by atoms with van der Waals surface area (Å²) in [5.74, 6) is 0.692. The fourth-order valence-electron chi connectivity index (χ4n) is 2.51. The molecule has 0 aromatic heterocycles. The average Bonchev–Trinajstić information content (AvgIpc) is 3.40. The summed E-state index contributed by atoms with van der Waals surface area (Å²) >= 11 is 3.26. The van der Waals surface area contributed by atoms with Crippen molar-refractivity contribution < 1.29 is 9.18 Å². The van der Waals surface area contributed by atoms with Gasteiger partial charge in [-0.05, 0) is 56.7 Å². The lowest BCUT2D eigenvalue weighted by Gasteiger charge is -2.11. The van der Waals surface area contributed by atoms with E-state index in [1.807, 2.05) is 13.0 Å². The summed E-state index contributed by atoms with van der Waals surface area (Å²) in [7, 11) is 0. The van der Waals surface area contributed by atoms with Gasteiger partial charge in [-0.15, -0.1) is 24.0 Å². The molecule has 8 heteroatoms. The number of halogens is 3. The summed E-state index contributed by atoms with van der Waals surface area (Å²) in [6.45, 7) is 4.10. The maximum atomic E-state index is 13.8. The number of hydrogen-bond donors (Lipinski definition) is 3. The van der Waals surface area contributed by atoms with E-state index in [0.29, 0.717) is 37.5 Å². The Hall–Kier alpha value is -0.900. The van der Waals surface area contributed by atoms with Gasteiger partial charge in [-0.3, -0.25) is 9.79 Å². The number of carbonyl (C=O) groups is 1. The lowest BCUT2D eigenvalue weighted by molar-refractivity contribution is -0.121. The van der Waals surface area contributed by atoms with Crippen molar-refractivity contribution in [1.82, 2.24) is 16.0 Å². The van der Waals surface area contributed by atoms with E-state index < -0.39 is 0 Å². The van der Waals surface area contributed by atoms with Crippen LogP contribution in [0.15, 0.2) is 27.7 Å². The number of hydrogen-bond acceptors (Lipinski definition) is 2. The minimum atomic E-state index is -0.183. The first-order valence-corrected chi connectivity index (χ1v) is 10.1. The molecule has 0 spiro atoms. The second-order valence-electron chi connectivity index (χ2n) is 6.47. The summed E-state index contributed by atoms with van der Waals surface area (Å²) in [4.78, 5) is 16.2. The molecule has 1 fully saturated rings. The normalized spacial score (nSPS) is 13.7. The van der Waals surface area contributed by atoms with E-state index in [2.05, 4.69) is 36.9 Å². The number of aliphatic imine (C=N–C) groups is 1. The van der Waals surface area contributed by atoms with Gasteiger partial charge in [-0.1, -0.05) is 22.0 Å². The van der Waals surface area contributed by atoms with Crippen LogP contribution in [-0.4, -0.2) is 37.5 Å². The Labute approximate surface area is 186 Å². The van der Waals surface area contributed by atoms with Crippen LogP contribution in [0.2, 0.25) is 0 Å². The van der Waals surface area contributed by atoms with Crippen LogP contribution in [0.25, 0.3) is 0 Å². The van der Waals surface area contributed by atoms with Gasteiger partial charge in [-0.2, -0.15) is 0 Å². The molecule has 1 aliphatic carbocycles. The smallest absolute Gasteiger partial charge is 0.220 e. The highest BCUT2D eigenvalue weighted by Crippen LogP contribution is 2.18. The number of rotatable bonds is 10. The van der Waals surface area contributed by atoms with Gasteiger partial charge >= 0.3 is 0 Å². The number of nitrogens with one attached hydrogen (secondary N) is 3. The Morgan fingerprint density at radius 2 is 2.07 bits per heavy atom. The predicted molar refractivity (Wildman–Crippen MR) is 122 cm³/mol. The van der Waals surface area contributed by atoms with Crippen molar-refractivity contribution in [3.8, 4) is 0 Å². The second-order valence-corrected chi connectivity index (χ2v) is 7.39. The lowest BCUT2D eigenvalue weighted by atomic mass is 10.1. The second kappa shape index (κ2) is 13.3. The van der Waals surface area contributed by atoms with Gasteiger partial charge in [0.15, 0.2) is 5.96 Å². The SMILES string of the molecule is CCNC(=NCCCc1ccc(Br)cc1F)NCCCC(=O)NC1CC1.I. The molecule has 0 atom stereocenters. The van der Waals surface area contributed by atoms with Crippen molar-refractivity contribution in [1.29, 1.82) is 0 Å². The van der Waals surface area contributed by atoms with Crippen LogP contribution in [0.3, 0.4) is 0 Å². The molecule has 0 saturated heterocycles. The minimum Gasteiger partial charge on any atom is -0.357 e. The summed E-state index contributed by atoms with van der Waals surface area (Å²) in [6.07, 6.45) is 4.97. The number of benzene rings is 1. The zero-order chi connectivity index (χ0) is 18.8. The third-order valence-corrected chi connectivity index (χ3v) is 4.54. The molecule has 1 saturated carbocycles. The Morgan fingerprint density at radius 1 is 1.30 bits per heavy atom. The van der Waals surface area contributed by atoms with Crippen molar-refractivity contribution >= 4 is 51.8 Å². The van der Waals surface area contributed by atoms with Crippen LogP contribution in [0.5, 0.6) is 0 Å². The van der Waals surface area contributed by atoms with E-state index in [1.165, 1.54) is 6.07 Å². The van der Waals surface area contributed by atoms with Crippen molar-refractivity contribution in [3.63, 3.8) is 0 Å². The first-order valence-electron chi connectivity index (χ1n) is 9.34. The molecule has 1 aromatic rings. The summed E-state index contributed by atoms with van der Waals surface area (Å²) in [6, 6.07) is 5.57. The van der Waals surface area contributed by atoms with Gasteiger partial charge in [0.1, 0.15) is 5.82 Å². The molecule has 0 heterocycles. The Bertz CT molecular complexity index is 626. The Morgan fingerprint density at radius 3 is 2.74 bits per heavy atom. The largest absolute Gasteiger partial charge is 0.357 e. The fourth-order valence-corrected chi connectivity index (χ4v) is 2.84. The van der Waals surface area contributed by atoms with Gasteiger partial charge in [0.25, 0.3) is 0 Å². The molecule has 1 amide bonds. The van der Waals surface area contributed by atoms with Crippen LogP contribution in [0, 0.1) is 5.82 Å². The van der Waals surface area contributed by atoms with Crippen LogP contribution in [-0.2, 0) is 11.2 Å². The zero-order valence-electron chi connectivity index (χ0n) is 15.7. The maximum Gasteiger partial charge on any atom is 0.220 e. The molecule has 5 nitrogen and oxygen atoms in total. The summed E-state index contributed by atoms with van der Waals surface area (Å²) < 4.78 is 14.5. The van der Waals surface area contributed by atoms with Crippen LogP contribution in [0.1, 0.15) is 44.6 Å². The molecule has 0 radical (unpaired) electrons. The van der Waals surface area contributed by atoms with Crippen LogP contribution >= 0.6 is 39.9 Å². The number of nitrogens with zero attached hydrogens (tertiary/aromatic N) is 1. The average molecular weight is 555 g/mol. The van der Waals surface area contributed by atoms with E-state index in [-0.39, 0.29) is 35.7 Å². The third-order valence-electron chi connectivity index (χ3n) is 4.05. The van der Waals surface area contributed by atoms with E-state index in [1.54, 1.807) is 6.07 Å². The molecule has 2 rings (SSSR count). The van der Waals surface area contributed by atoms with Crippen LogP contribution < -0.4 is 16.0 Å². The van der Waals surface area contributed by atoms with E-state index in [9.17, 15) is 9.18 Å². The molecule has 3 N–H and O–H groups in total. The van der Waals surface area contributed by atoms with Crippen LogP contribution in [0.4, 0.5) is 4.39 Å². The number of aryl methyl sites for hydroxylation is 1. The molecule has 152 valence electrons. The summed E-state index contributed by atoms with van der Waals surface area (Å²) in [5, 5.41) is 9.42. The van der Waals surface area contributed by atoms with E-state index >= 15 is 0 Å². The number of carbonyl (C=O) groups excluding carboxylic acids is 1. The number of amides is 1. The van der Waals surface area contributed by atoms with Gasteiger partial charge in [-0.25, -0.2) is 4.39 Å². The molecule has 1 aromatic carbocycles. The van der Waals surface area contributed by atoms with E-state index in [0.717, 1.165) is 42.7 Å². The van der Waals surface area contributed by atoms with E-state index in [4.69, 9.17) is 0 Å². The molecule has 0 unspecified atom stereocenters. The summed E-state index contributed by atoms with van der Waals surface area (Å²) in [5.41, 5.74) is 0.711. The van der Waals surface area contributed by atoms with Gasteiger partial charge in [0.2, 0.25) is 5.91 Å². The molecule has 1 aliphatic rings. The first-order chi connectivity index (χ1) is 12.6. The molecule has 27 heavy (non-hydrogen) atoms. The highest BCUT2D eigenvalue weighted by atomic mass is 127. The van der Waals surface area contributed by atoms with Gasteiger partial charge in [0, 0.05) is 36.6 Å². The molecule has 0 aliphatic heterocycles. The lowest BCUT2D eigenvalue weighted by Crippen LogP contribution is -2.38. The number of guanidine groups is 1. The highest BCUT2D eigenvalue weighted by molar-refractivity contribution is 14.0.